The fourth-order valence-electron chi connectivity index (χ4n) is 2.63. The van der Waals surface area contributed by atoms with E-state index in [1.165, 1.54) is 0 Å². The summed E-state index contributed by atoms with van der Waals surface area (Å²) in [6.45, 7) is 2.60. The lowest BCUT2D eigenvalue weighted by Crippen LogP contribution is -2.22. The molecule has 0 aliphatic heterocycles. The van der Waals surface area contributed by atoms with Crippen molar-refractivity contribution in [3.05, 3.63) is 63.4 Å². The molecule has 0 aliphatic carbocycles. The number of hydrogen-bond donors (Lipinski definition) is 0. The quantitative estimate of drug-likeness (QED) is 0.362. The highest BCUT2D eigenvalue weighted by Gasteiger charge is 2.15. The summed E-state index contributed by atoms with van der Waals surface area (Å²) >= 11 is 7.83. The number of methoxy groups -OCH3 is 1. The van der Waals surface area contributed by atoms with Gasteiger partial charge >= 0.3 is 0 Å². The smallest absolute Gasteiger partial charge is 0.266 e. The Morgan fingerprint density at radius 1 is 1.20 bits per heavy atom. The standard InChI is InChI=1S/C19H19ClN2O2S/c1-13-15(20)8-5-10-17(13)22-18(23)14-7-3-4-9-16(14)21-19(22)25-12-6-11-24-2/h3-5,7-10H,6,11-12H2,1-2H3. The number of thioether (sulfide) groups is 1. The number of ether oxygens (including phenoxy) is 1. The molecule has 4 nitrogen and oxygen atoms in total. The lowest BCUT2D eigenvalue weighted by Gasteiger charge is -2.15. The van der Waals surface area contributed by atoms with Crippen molar-refractivity contribution in [2.24, 2.45) is 0 Å². The van der Waals surface area contributed by atoms with Crippen molar-refractivity contribution in [2.45, 2.75) is 18.5 Å². The van der Waals surface area contributed by atoms with Gasteiger partial charge in [-0.25, -0.2) is 4.98 Å². The molecule has 0 bridgehead atoms. The second kappa shape index (κ2) is 8.04. The molecule has 3 aromatic rings. The van der Waals surface area contributed by atoms with Crippen LogP contribution < -0.4 is 5.56 Å². The predicted molar refractivity (Wildman–Crippen MR) is 104 cm³/mol. The van der Waals surface area contributed by atoms with Crippen molar-refractivity contribution in [3.63, 3.8) is 0 Å². The van der Waals surface area contributed by atoms with Crippen molar-refractivity contribution in [1.82, 2.24) is 9.55 Å². The maximum atomic E-state index is 13.1. The minimum atomic E-state index is -0.0785. The summed E-state index contributed by atoms with van der Waals surface area (Å²) in [5.74, 6) is 0.818. The van der Waals surface area contributed by atoms with Crippen molar-refractivity contribution in [2.75, 3.05) is 19.5 Å². The first-order chi connectivity index (χ1) is 12.1. The fraction of sp³-hybridized carbons (Fsp3) is 0.263. The molecular formula is C19H19ClN2O2S. The number of halogens is 1. The Morgan fingerprint density at radius 2 is 2.00 bits per heavy atom. The minimum Gasteiger partial charge on any atom is -0.385 e. The molecular weight excluding hydrogens is 356 g/mol. The van der Waals surface area contributed by atoms with Crippen LogP contribution in [0.15, 0.2) is 52.4 Å². The van der Waals surface area contributed by atoms with Crippen LogP contribution in [0.3, 0.4) is 0 Å². The topological polar surface area (TPSA) is 44.1 Å². The average Bonchev–Trinajstić information content (AvgIpc) is 2.62. The van der Waals surface area contributed by atoms with Gasteiger partial charge in [0.25, 0.3) is 5.56 Å². The van der Waals surface area contributed by atoms with Crippen LogP contribution in [0.1, 0.15) is 12.0 Å². The molecule has 0 aliphatic rings. The third-order valence-corrected chi connectivity index (χ3v) is 5.38. The van der Waals surface area contributed by atoms with Gasteiger partial charge in [0.05, 0.1) is 16.6 Å². The van der Waals surface area contributed by atoms with Crippen LogP contribution >= 0.6 is 23.4 Å². The molecule has 0 amide bonds. The molecule has 1 aromatic heterocycles. The molecule has 25 heavy (non-hydrogen) atoms. The van der Waals surface area contributed by atoms with Crippen LogP contribution in [0, 0.1) is 6.92 Å². The molecule has 130 valence electrons. The molecule has 0 spiro atoms. The monoisotopic (exact) mass is 374 g/mol. The lowest BCUT2D eigenvalue weighted by atomic mass is 10.2. The van der Waals surface area contributed by atoms with E-state index < -0.39 is 0 Å². The summed E-state index contributed by atoms with van der Waals surface area (Å²) in [6.07, 6.45) is 0.887. The molecule has 0 saturated heterocycles. The molecule has 1 heterocycles. The van der Waals surface area contributed by atoms with E-state index in [9.17, 15) is 4.79 Å². The van der Waals surface area contributed by atoms with E-state index in [1.807, 2.05) is 43.3 Å². The Hall–Kier alpha value is -1.82. The lowest BCUT2D eigenvalue weighted by molar-refractivity contribution is 0.200. The van der Waals surface area contributed by atoms with Gasteiger partial charge in [-0.05, 0) is 43.2 Å². The van der Waals surface area contributed by atoms with Gasteiger partial charge in [-0.2, -0.15) is 0 Å². The summed E-state index contributed by atoms with van der Waals surface area (Å²) in [7, 11) is 1.68. The number of para-hydroxylation sites is 1. The highest BCUT2D eigenvalue weighted by atomic mass is 35.5. The molecule has 3 rings (SSSR count). The molecule has 0 saturated carbocycles. The highest BCUT2D eigenvalue weighted by molar-refractivity contribution is 7.99. The van der Waals surface area contributed by atoms with E-state index in [4.69, 9.17) is 21.3 Å². The third kappa shape index (κ3) is 3.73. The summed E-state index contributed by atoms with van der Waals surface area (Å²) in [6, 6.07) is 13.0. The Kier molecular flexibility index (Phi) is 5.78. The van der Waals surface area contributed by atoms with Crippen LogP contribution in [-0.4, -0.2) is 29.0 Å². The number of rotatable bonds is 6. The number of hydrogen-bond acceptors (Lipinski definition) is 4. The van der Waals surface area contributed by atoms with Gasteiger partial charge < -0.3 is 4.74 Å². The molecule has 0 atom stereocenters. The molecule has 0 unspecified atom stereocenters. The Bertz CT molecular complexity index is 956. The minimum absolute atomic E-state index is 0.0785. The summed E-state index contributed by atoms with van der Waals surface area (Å²) in [5.41, 5.74) is 2.26. The predicted octanol–water partition coefficient (Wildman–Crippen LogP) is 4.48. The van der Waals surface area contributed by atoms with Gasteiger partial charge in [-0.15, -0.1) is 0 Å². The van der Waals surface area contributed by atoms with E-state index in [0.29, 0.717) is 27.7 Å². The summed E-state index contributed by atoms with van der Waals surface area (Å²) in [5, 5.41) is 1.90. The van der Waals surface area contributed by atoms with Crippen LogP contribution in [0.2, 0.25) is 5.02 Å². The Morgan fingerprint density at radius 3 is 2.80 bits per heavy atom. The molecule has 2 aromatic carbocycles. The second-order valence-corrected chi connectivity index (χ2v) is 7.10. The molecule has 0 fully saturated rings. The van der Waals surface area contributed by atoms with Crippen LogP contribution in [-0.2, 0) is 4.74 Å². The average molecular weight is 375 g/mol. The van der Waals surface area contributed by atoms with Crippen LogP contribution in [0.4, 0.5) is 0 Å². The number of benzene rings is 2. The van der Waals surface area contributed by atoms with E-state index >= 15 is 0 Å². The second-order valence-electron chi connectivity index (χ2n) is 5.63. The number of fused-ring (bicyclic) bond motifs is 1. The molecule has 6 heteroatoms. The van der Waals surface area contributed by atoms with E-state index in [0.717, 1.165) is 23.4 Å². The first-order valence-corrected chi connectivity index (χ1v) is 9.39. The first kappa shape index (κ1) is 18.0. The van der Waals surface area contributed by atoms with Gasteiger partial charge in [0, 0.05) is 24.5 Å². The van der Waals surface area contributed by atoms with Gasteiger partial charge in [0.1, 0.15) is 0 Å². The summed E-state index contributed by atoms with van der Waals surface area (Å²) in [4.78, 5) is 17.9. The SMILES string of the molecule is COCCCSc1nc2ccccc2c(=O)n1-c1cccc(Cl)c1C. The van der Waals surface area contributed by atoms with Crippen LogP contribution in [0.5, 0.6) is 0 Å². The van der Waals surface area contributed by atoms with E-state index in [-0.39, 0.29) is 5.56 Å². The zero-order chi connectivity index (χ0) is 17.8. The normalized spacial score (nSPS) is 11.2. The number of nitrogens with zero attached hydrogens (tertiary/aromatic N) is 2. The van der Waals surface area contributed by atoms with Crippen molar-refractivity contribution < 1.29 is 4.74 Å². The molecule has 0 N–H and O–H groups in total. The maximum absolute atomic E-state index is 13.1. The Balaban J connectivity index is 2.18. The van der Waals surface area contributed by atoms with Gasteiger partial charge in [-0.1, -0.05) is 41.6 Å². The van der Waals surface area contributed by atoms with Gasteiger partial charge in [0.2, 0.25) is 0 Å². The van der Waals surface area contributed by atoms with Crippen molar-refractivity contribution >= 4 is 34.3 Å². The summed E-state index contributed by atoms with van der Waals surface area (Å²) < 4.78 is 6.77. The molecule has 0 radical (unpaired) electrons. The zero-order valence-corrected chi connectivity index (χ0v) is 15.7. The first-order valence-electron chi connectivity index (χ1n) is 8.02. The van der Waals surface area contributed by atoms with Crippen molar-refractivity contribution in [1.29, 1.82) is 0 Å². The fourth-order valence-corrected chi connectivity index (χ4v) is 3.71. The highest BCUT2D eigenvalue weighted by Crippen LogP contribution is 2.26. The Labute approximate surface area is 155 Å². The zero-order valence-electron chi connectivity index (χ0n) is 14.2. The van der Waals surface area contributed by atoms with Crippen molar-refractivity contribution in [3.8, 4) is 5.69 Å². The van der Waals surface area contributed by atoms with Gasteiger partial charge in [-0.3, -0.25) is 9.36 Å². The third-order valence-electron chi connectivity index (χ3n) is 3.95. The van der Waals surface area contributed by atoms with Crippen LogP contribution in [0.25, 0.3) is 16.6 Å². The van der Waals surface area contributed by atoms with E-state index in [2.05, 4.69) is 0 Å². The number of aromatic nitrogens is 2. The largest absolute Gasteiger partial charge is 0.385 e. The maximum Gasteiger partial charge on any atom is 0.266 e. The van der Waals surface area contributed by atoms with Gasteiger partial charge in [0.15, 0.2) is 5.16 Å². The van der Waals surface area contributed by atoms with E-state index in [1.54, 1.807) is 29.5 Å².